The third kappa shape index (κ3) is 1.98. The van der Waals surface area contributed by atoms with Gasteiger partial charge in [0.2, 0.25) is 0 Å². The number of hydrogen-bond acceptors (Lipinski definition) is 2. The molecular formula is C16H23NO. The van der Waals surface area contributed by atoms with E-state index >= 15 is 0 Å². The molecule has 1 aliphatic carbocycles. The third-order valence-electron chi connectivity index (χ3n) is 4.61. The summed E-state index contributed by atoms with van der Waals surface area (Å²) < 4.78 is 0. The topological polar surface area (TPSA) is 32.3 Å². The van der Waals surface area contributed by atoms with Crippen LogP contribution in [0.1, 0.15) is 50.3 Å². The van der Waals surface area contributed by atoms with Gasteiger partial charge < -0.3 is 10.4 Å². The zero-order valence-corrected chi connectivity index (χ0v) is 11.3. The summed E-state index contributed by atoms with van der Waals surface area (Å²) >= 11 is 0. The highest BCUT2D eigenvalue weighted by molar-refractivity contribution is 5.36. The first-order chi connectivity index (χ1) is 8.58. The molecule has 1 heterocycles. The van der Waals surface area contributed by atoms with Crippen LogP contribution in [0.5, 0.6) is 0 Å². The van der Waals surface area contributed by atoms with E-state index in [0.717, 1.165) is 19.4 Å². The fourth-order valence-corrected chi connectivity index (χ4v) is 4.16. The van der Waals surface area contributed by atoms with Gasteiger partial charge in [-0.15, -0.1) is 0 Å². The van der Waals surface area contributed by atoms with Crippen LogP contribution in [-0.4, -0.2) is 10.7 Å². The second-order valence-corrected chi connectivity index (χ2v) is 6.47. The van der Waals surface area contributed by atoms with E-state index in [1.807, 2.05) is 0 Å². The highest BCUT2D eigenvalue weighted by Crippen LogP contribution is 2.45. The molecule has 2 heteroatoms. The molecule has 1 aromatic carbocycles. The number of hydrogen-bond donors (Lipinski definition) is 2. The number of aliphatic hydroxyl groups is 1. The minimum atomic E-state index is -0.566. The molecule has 3 rings (SSSR count). The summed E-state index contributed by atoms with van der Waals surface area (Å²) in [4.78, 5) is 0. The summed E-state index contributed by atoms with van der Waals surface area (Å²) in [6, 6.07) is 8.62. The first-order valence-corrected chi connectivity index (χ1v) is 7.12. The molecule has 2 N–H and O–H groups in total. The molecule has 0 amide bonds. The number of rotatable bonds is 1. The van der Waals surface area contributed by atoms with Crippen molar-refractivity contribution >= 4 is 0 Å². The molecule has 98 valence electrons. The zero-order valence-electron chi connectivity index (χ0n) is 11.3. The summed E-state index contributed by atoms with van der Waals surface area (Å²) in [6.07, 6.45) is 3.09. The molecule has 2 aliphatic rings. The van der Waals surface area contributed by atoms with Gasteiger partial charge in [0.15, 0.2) is 0 Å². The van der Waals surface area contributed by atoms with Crippen LogP contribution in [0, 0.1) is 11.8 Å². The lowest BCUT2D eigenvalue weighted by molar-refractivity contribution is -0.0592. The third-order valence-corrected chi connectivity index (χ3v) is 4.61. The zero-order chi connectivity index (χ0) is 12.8. The molecule has 1 fully saturated rings. The van der Waals surface area contributed by atoms with Crippen molar-refractivity contribution in [2.45, 2.75) is 51.3 Å². The lowest BCUT2D eigenvalue weighted by Crippen LogP contribution is -2.46. The van der Waals surface area contributed by atoms with E-state index in [1.54, 1.807) is 0 Å². The maximum absolute atomic E-state index is 11.1. The van der Waals surface area contributed by atoms with Crippen LogP contribution in [0.2, 0.25) is 0 Å². The van der Waals surface area contributed by atoms with Gasteiger partial charge >= 0.3 is 0 Å². The van der Waals surface area contributed by atoms with Crippen molar-refractivity contribution in [2.75, 3.05) is 0 Å². The maximum Gasteiger partial charge on any atom is 0.0846 e. The Labute approximate surface area is 109 Å². The Bertz CT molecular complexity index is 432. The van der Waals surface area contributed by atoms with E-state index in [1.165, 1.54) is 17.5 Å². The van der Waals surface area contributed by atoms with Crippen molar-refractivity contribution in [3.05, 3.63) is 35.4 Å². The SMILES string of the molecule is CC1CC(C)CC(O)(C2NCc3ccccc32)C1. The quantitative estimate of drug-likeness (QED) is 0.797. The first kappa shape index (κ1) is 12.2. The Balaban J connectivity index is 1.91. The first-order valence-electron chi connectivity index (χ1n) is 7.12. The molecule has 0 aromatic heterocycles. The normalized spacial score (nSPS) is 39.6. The number of benzene rings is 1. The standard InChI is InChI=1S/C16H23NO/c1-11-7-12(2)9-16(18,8-11)15-14-6-4-3-5-13(14)10-17-15/h3-6,11-12,15,17-18H,7-10H2,1-2H3. The van der Waals surface area contributed by atoms with Crippen molar-refractivity contribution in [1.29, 1.82) is 0 Å². The summed E-state index contributed by atoms with van der Waals surface area (Å²) in [5, 5.41) is 14.6. The van der Waals surface area contributed by atoms with Gasteiger partial charge in [-0.05, 0) is 42.2 Å². The maximum atomic E-state index is 11.1. The Hall–Kier alpha value is -0.860. The summed E-state index contributed by atoms with van der Waals surface area (Å²) in [5.41, 5.74) is 2.09. The van der Waals surface area contributed by atoms with E-state index in [-0.39, 0.29) is 6.04 Å². The molecule has 0 bridgehead atoms. The van der Waals surface area contributed by atoms with Crippen molar-refractivity contribution < 1.29 is 5.11 Å². The Morgan fingerprint density at radius 2 is 1.83 bits per heavy atom. The molecule has 1 saturated carbocycles. The second kappa shape index (κ2) is 4.36. The van der Waals surface area contributed by atoms with Crippen LogP contribution < -0.4 is 5.32 Å². The predicted octanol–water partition coefficient (Wildman–Crippen LogP) is 3.02. The average Bonchev–Trinajstić information content (AvgIpc) is 2.71. The van der Waals surface area contributed by atoms with Gasteiger partial charge in [0, 0.05) is 6.54 Å². The van der Waals surface area contributed by atoms with Gasteiger partial charge in [-0.3, -0.25) is 0 Å². The molecule has 0 saturated heterocycles. The molecule has 1 aromatic rings. The number of fused-ring (bicyclic) bond motifs is 1. The molecule has 3 atom stereocenters. The average molecular weight is 245 g/mol. The van der Waals surface area contributed by atoms with Crippen molar-refractivity contribution in [2.24, 2.45) is 11.8 Å². The van der Waals surface area contributed by atoms with E-state index in [2.05, 4.69) is 43.4 Å². The van der Waals surface area contributed by atoms with Crippen LogP contribution in [0.4, 0.5) is 0 Å². The Kier molecular flexibility index (Phi) is 2.95. The molecule has 0 spiro atoms. The predicted molar refractivity (Wildman–Crippen MR) is 73.2 cm³/mol. The lowest BCUT2D eigenvalue weighted by atomic mass is 9.69. The summed E-state index contributed by atoms with van der Waals surface area (Å²) in [7, 11) is 0. The highest BCUT2D eigenvalue weighted by Gasteiger charge is 2.45. The molecular weight excluding hydrogens is 222 g/mol. The molecule has 3 unspecified atom stereocenters. The smallest absolute Gasteiger partial charge is 0.0846 e. The lowest BCUT2D eigenvalue weighted by Gasteiger charge is -2.43. The van der Waals surface area contributed by atoms with E-state index < -0.39 is 5.60 Å². The minimum Gasteiger partial charge on any atom is -0.388 e. The summed E-state index contributed by atoms with van der Waals surface area (Å²) in [6.45, 7) is 5.43. The van der Waals surface area contributed by atoms with Crippen LogP contribution in [0.25, 0.3) is 0 Å². The van der Waals surface area contributed by atoms with Crippen LogP contribution in [0.15, 0.2) is 24.3 Å². The largest absolute Gasteiger partial charge is 0.388 e. The molecule has 2 nitrogen and oxygen atoms in total. The summed E-state index contributed by atoms with van der Waals surface area (Å²) in [5.74, 6) is 1.24. The Morgan fingerprint density at radius 1 is 1.17 bits per heavy atom. The van der Waals surface area contributed by atoms with Gasteiger partial charge in [-0.2, -0.15) is 0 Å². The van der Waals surface area contributed by atoms with Crippen LogP contribution in [-0.2, 0) is 6.54 Å². The second-order valence-electron chi connectivity index (χ2n) is 6.47. The van der Waals surface area contributed by atoms with Gasteiger partial charge in [-0.25, -0.2) is 0 Å². The monoisotopic (exact) mass is 245 g/mol. The molecule has 18 heavy (non-hydrogen) atoms. The van der Waals surface area contributed by atoms with Crippen LogP contribution >= 0.6 is 0 Å². The van der Waals surface area contributed by atoms with Crippen molar-refractivity contribution in [1.82, 2.24) is 5.32 Å². The van der Waals surface area contributed by atoms with Gasteiger partial charge in [0.05, 0.1) is 11.6 Å². The van der Waals surface area contributed by atoms with Crippen molar-refractivity contribution in [3.63, 3.8) is 0 Å². The van der Waals surface area contributed by atoms with E-state index in [9.17, 15) is 5.11 Å². The van der Waals surface area contributed by atoms with E-state index in [0.29, 0.717) is 11.8 Å². The van der Waals surface area contributed by atoms with Gasteiger partial charge in [0.25, 0.3) is 0 Å². The van der Waals surface area contributed by atoms with Gasteiger partial charge in [-0.1, -0.05) is 38.1 Å². The number of nitrogens with one attached hydrogen (secondary N) is 1. The molecule has 1 aliphatic heterocycles. The molecule has 0 radical (unpaired) electrons. The fraction of sp³-hybridized carbons (Fsp3) is 0.625. The van der Waals surface area contributed by atoms with Crippen molar-refractivity contribution in [3.8, 4) is 0 Å². The van der Waals surface area contributed by atoms with Crippen LogP contribution in [0.3, 0.4) is 0 Å². The van der Waals surface area contributed by atoms with Gasteiger partial charge in [0.1, 0.15) is 0 Å². The van der Waals surface area contributed by atoms with E-state index in [4.69, 9.17) is 0 Å². The minimum absolute atomic E-state index is 0.124. The fourth-order valence-electron chi connectivity index (χ4n) is 4.16. The highest BCUT2D eigenvalue weighted by atomic mass is 16.3. The Morgan fingerprint density at radius 3 is 2.56 bits per heavy atom.